The van der Waals surface area contributed by atoms with Gasteiger partial charge in [-0.15, -0.1) is 0 Å². The number of carbonyl (C=O) groups is 2. The average Bonchev–Trinajstić information content (AvgIpc) is 3.14. The molecule has 4 rings (SSSR count). The molecule has 2 aliphatic rings. The first kappa shape index (κ1) is 20.5. The molecule has 0 bridgehead atoms. The highest BCUT2D eigenvalue weighted by molar-refractivity contribution is 5.94. The van der Waals surface area contributed by atoms with E-state index in [0.29, 0.717) is 44.6 Å². The number of carbonyl (C=O) groups excluding carboxylic acids is 2. The molecule has 6 nitrogen and oxygen atoms in total. The Morgan fingerprint density at radius 3 is 2.33 bits per heavy atom. The normalized spacial score (nSPS) is 22.3. The Bertz CT molecular complexity index is 876. The van der Waals surface area contributed by atoms with Gasteiger partial charge in [0.2, 0.25) is 5.91 Å². The molecule has 2 atom stereocenters. The number of piperidine rings is 1. The van der Waals surface area contributed by atoms with E-state index in [9.17, 15) is 14.7 Å². The van der Waals surface area contributed by atoms with Gasteiger partial charge in [-0.2, -0.15) is 0 Å². The number of likely N-dealkylation sites (tertiary alicyclic amines) is 2. The van der Waals surface area contributed by atoms with E-state index in [1.807, 2.05) is 53.1 Å². The van der Waals surface area contributed by atoms with Gasteiger partial charge in [-0.3, -0.25) is 14.6 Å². The predicted octanol–water partition coefficient (Wildman–Crippen LogP) is 2.30. The Morgan fingerprint density at radius 2 is 1.67 bits per heavy atom. The molecular weight excluding hydrogens is 378 g/mol. The molecule has 0 saturated carbocycles. The Labute approximate surface area is 177 Å². The van der Waals surface area contributed by atoms with Gasteiger partial charge in [0.05, 0.1) is 6.10 Å². The van der Waals surface area contributed by atoms with Crippen molar-refractivity contribution in [2.45, 2.75) is 32.3 Å². The summed E-state index contributed by atoms with van der Waals surface area (Å²) in [5, 5.41) is 10.5. The van der Waals surface area contributed by atoms with Crippen LogP contribution in [0.25, 0.3) is 0 Å². The van der Waals surface area contributed by atoms with Crippen molar-refractivity contribution in [1.82, 2.24) is 14.8 Å². The lowest BCUT2D eigenvalue weighted by molar-refractivity contribution is -0.136. The first-order chi connectivity index (χ1) is 14.5. The summed E-state index contributed by atoms with van der Waals surface area (Å²) in [7, 11) is 0. The second kappa shape index (κ2) is 8.96. The maximum atomic E-state index is 13.0. The van der Waals surface area contributed by atoms with E-state index in [0.717, 1.165) is 17.5 Å². The summed E-state index contributed by atoms with van der Waals surface area (Å²) in [6.07, 6.45) is 5.12. The van der Waals surface area contributed by atoms with Crippen LogP contribution in [0.1, 0.15) is 34.3 Å². The zero-order valence-corrected chi connectivity index (χ0v) is 17.4. The Balaban J connectivity index is 1.30. The van der Waals surface area contributed by atoms with Gasteiger partial charge in [-0.1, -0.05) is 17.7 Å². The van der Waals surface area contributed by atoms with Crippen LogP contribution < -0.4 is 0 Å². The molecule has 2 aromatic rings. The smallest absolute Gasteiger partial charge is 0.253 e. The van der Waals surface area contributed by atoms with Crippen LogP contribution in [0.2, 0.25) is 0 Å². The van der Waals surface area contributed by atoms with Gasteiger partial charge in [-0.05, 0) is 56.0 Å². The van der Waals surface area contributed by atoms with Crippen molar-refractivity contribution in [2.24, 2.45) is 11.8 Å². The number of benzene rings is 1. The maximum absolute atomic E-state index is 13.0. The quantitative estimate of drug-likeness (QED) is 0.844. The minimum absolute atomic E-state index is 0.0370. The topological polar surface area (TPSA) is 73.7 Å². The van der Waals surface area contributed by atoms with Gasteiger partial charge in [0.25, 0.3) is 5.91 Å². The number of aliphatic hydroxyl groups is 1. The number of hydrogen-bond acceptors (Lipinski definition) is 4. The number of β-amino-alcohol motifs (C(OH)–C–C–N with tert-alkyl or cyclic N) is 1. The Morgan fingerprint density at radius 1 is 1.00 bits per heavy atom. The largest absolute Gasteiger partial charge is 0.391 e. The van der Waals surface area contributed by atoms with Gasteiger partial charge in [0.1, 0.15) is 0 Å². The lowest BCUT2D eigenvalue weighted by Gasteiger charge is -2.33. The van der Waals surface area contributed by atoms with E-state index in [2.05, 4.69) is 4.98 Å². The van der Waals surface area contributed by atoms with Crippen molar-refractivity contribution in [3.63, 3.8) is 0 Å². The third kappa shape index (κ3) is 4.54. The number of aryl methyl sites for hydroxylation is 1. The van der Waals surface area contributed by atoms with Crippen LogP contribution in [0, 0.1) is 18.8 Å². The van der Waals surface area contributed by atoms with Gasteiger partial charge >= 0.3 is 0 Å². The number of rotatable bonds is 4. The third-order valence-corrected chi connectivity index (χ3v) is 6.40. The fraction of sp³-hybridized carbons (Fsp3) is 0.458. The van der Waals surface area contributed by atoms with E-state index in [1.54, 1.807) is 12.4 Å². The second-order valence-corrected chi connectivity index (χ2v) is 8.56. The average molecular weight is 408 g/mol. The molecule has 0 unspecified atom stereocenters. The number of hydrogen-bond donors (Lipinski definition) is 1. The first-order valence-corrected chi connectivity index (χ1v) is 10.7. The molecule has 3 heterocycles. The number of aliphatic hydroxyl groups excluding tert-OH is 1. The monoisotopic (exact) mass is 407 g/mol. The van der Waals surface area contributed by atoms with E-state index in [-0.39, 0.29) is 23.7 Å². The van der Waals surface area contributed by atoms with Gasteiger partial charge in [0, 0.05) is 56.0 Å². The van der Waals surface area contributed by atoms with E-state index >= 15 is 0 Å². The molecule has 158 valence electrons. The molecule has 0 spiro atoms. The van der Waals surface area contributed by atoms with E-state index in [1.165, 1.54) is 0 Å². The van der Waals surface area contributed by atoms with Crippen LogP contribution in [0.5, 0.6) is 0 Å². The third-order valence-electron chi connectivity index (χ3n) is 6.40. The van der Waals surface area contributed by atoms with Crippen molar-refractivity contribution in [2.75, 3.05) is 26.2 Å². The highest BCUT2D eigenvalue weighted by Gasteiger charge is 2.37. The highest BCUT2D eigenvalue weighted by atomic mass is 16.3. The zero-order valence-electron chi connectivity index (χ0n) is 17.4. The molecule has 2 aliphatic heterocycles. The molecule has 2 saturated heterocycles. The minimum Gasteiger partial charge on any atom is -0.391 e. The van der Waals surface area contributed by atoms with Gasteiger partial charge in [0.15, 0.2) is 0 Å². The van der Waals surface area contributed by atoms with Crippen LogP contribution in [0.15, 0.2) is 48.8 Å². The standard InChI is InChI=1S/C24H29N3O3/c1-17-2-4-19(5-3-17)23(29)26-12-8-20(9-13-26)24(30)27-15-21(22(28)16-27)14-18-6-10-25-11-7-18/h2-7,10-11,20-22,28H,8-9,12-16H2,1H3/t21-,22-/m1/s1. The van der Waals surface area contributed by atoms with Crippen LogP contribution in [-0.4, -0.2) is 64.0 Å². The summed E-state index contributed by atoms with van der Waals surface area (Å²) in [6.45, 7) is 4.18. The number of aromatic nitrogens is 1. The fourth-order valence-corrected chi connectivity index (χ4v) is 4.52. The molecule has 0 radical (unpaired) electrons. The molecule has 2 fully saturated rings. The lowest BCUT2D eigenvalue weighted by atomic mass is 9.94. The molecule has 1 aromatic heterocycles. The molecule has 2 amide bonds. The predicted molar refractivity (Wildman–Crippen MR) is 114 cm³/mol. The summed E-state index contributed by atoms with van der Waals surface area (Å²) in [5.41, 5.74) is 2.96. The molecule has 1 N–H and O–H groups in total. The van der Waals surface area contributed by atoms with E-state index in [4.69, 9.17) is 0 Å². The summed E-state index contributed by atoms with van der Waals surface area (Å²) in [6, 6.07) is 11.5. The number of amides is 2. The maximum Gasteiger partial charge on any atom is 0.253 e. The minimum atomic E-state index is -0.495. The van der Waals surface area contributed by atoms with Crippen LogP contribution >= 0.6 is 0 Å². The van der Waals surface area contributed by atoms with Crippen LogP contribution in [-0.2, 0) is 11.2 Å². The van der Waals surface area contributed by atoms with Crippen molar-refractivity contribution in [3.8, 4) is 0 Å². The summed E-state index contributed by atoms with van der Waals surface area (Å²) in [4.78, 5) is 33.4. The van der Waals surface area contributed by atoms with Crippen LogP contribution in [0.3, 0.4) is 0 Å². The zero-order chi connectivity index (χ0) is 21.1. The summed E-state index contributed by atoms with van der Waals surface area (Å²) < 4.78 is 0. The molecular formula is C24H29N3O3. The fourth-order valence-electron chi connectivity index (χ4n) is 4.52. The van der Waals surface area contributed by atoms with Crippen molar-refractivity contribution in [3.05, 3.63) is 65.5 Å². The molecule has 1 aromatic carbocycles. The molecule has 6 heteroatoms. The highest BCUT2D eigenvalue weighted by Crippen LogP contribution is 2.27. The lowest BCUT2D eigenvalue weighted by Crippen LogP contribution is -2.44. The van der Waals surface area contributed by atoms with Crippen molar-refractivity contribution >= 4 is 11.8 Å². The van der Waals surface area contributed by atoms with Crippen molar-refractivity contribution < 1.29 is 14.7 Å². The number of nitrogens with zero attached hydrogens (tertiary/aromatic N) is 3. The van der Waals surface area contributed by atoms with Crippen molar-refractivity contribution in [1.29, 1.82) is 0 Å². The number of pyridine rings is 1. The van der Waals surface area contributed by atoms with Crippen LogP contribution in [0.4, 0.5) is 0 Å². The second-order valence-electron chi connectivity index (χ2n) is 8.56. The van der Waals surface area contributed by atoms with Gasteiger partial charge in [-0.25, -0.2) is 0 Å². The SMILES string of the molecule is Cc1ccc(C(=O)N2CCC(C(=O)N3C[C@@H](Cc4ccncc4)[C@H](O)C3)CC2)cc1. The van der Waals surface area contributed by atoms with Gasteiger partial charge < -0.3 is 14.9 Å². The Hall–Kier alpha value is -2.73. The Kier molecular flexibility index (Phi) is 6.13. The summed E-state index contributed by atoms with van der Waals surface area (Å²) in [5.74, 6) is 0.141. The summed E-state index contributed by atoms with van der Waals surface area (Å²) >= 11 is 0. The first-order valence-electron chi connectivity index (χ1n) is 10.7. The van der Waals surface area contributed by atoms with E-state index < -0.39 is 6.10 Å². The molecule has 30 heavy (non-hydrogen) atoms. The molecule has 0 aliphatic carbocycles.